The molecule has 1 fully saturated rings. The van der Waals surface area contributed by atoms with Crippen molar-refractivity contribution in [3.63, 3.8) is 0 Å². The smallest absolute Gasteiger partial charge is 0.222 e. The van der Waals surface area contributed by atoms with Crippen LogP contribution in [-0.4, -0.2) is 72.0 Å². The van der Waals surface area contributed by atoms with Crippen LogP contribution in [0.5, 0.6) is 17.4 Å². The largest absolute Gasteiger partial charge is 0.497 e. The Morgan fingerprint density at radius 2 is 2.03 bits per heavy atom. The fraction of sp³-hybridized carbons (Fsp3) is 0.414. The van der Waals surface area contributed by atoms with Crippen LogP contribution in [0, 0.1) is 0 Å². The summed E-state index contributed by atoms with van der Waals surface area (Å²) in [6, 6.07) is 17.6. The lowest BCUT2D eigenvalue weighted by Crippen LogP contribution is -2.39. The molecule has 0 amide bonds. The zero-order valence-electron chi connectivity index (χ0n) is 21.7. The highest BCUT2D eigenvalue weighted by molar-refractivity contribution is 5.65. The van der Waals surface area contributed by atoms with Crippen LogP contribution >= 0.6 is 0 Å². The van der Waals surface area contributed by atoms with Crippen LogP contribution in [-0.2, 0) is 23.1 Å². The van der Waals surface area contributed by atoms with Gasteiger partial charge in [-0.3, -0.25) is 4.90 Å². The number of methoxy groups -OCH3 is 1. The second-order valence-corrected chi connectivity index (χ2v) is 9.21. The van der Waals surface area contributed by atoms with Gasteiger partial charge in [-0.25, -0.2) is 4.68 Å². The quantitative estimate of drug-likeness (QED) is 0.255. The average molecular weight is 508 g/mol. The Morgan fingerprint density at radius 3 is 2.76 bits per heavy atom. The molecule has 8 heteroatoms. The Labute approximate surface area is 219 Å². The van der Waals surface area contributed by atoms with Gasteiger partial charge in [0.05, 0.1) is 38.1 Å². The first kappa shape index (κ1) is 26.9. The number of aryl methyl sites for hydroxylation is 1. The van der Waals surface area contributed by atoms with Crippen molar-refractivity contribution in [2.45, 2.75) is 31.6 Å². The highest BCUT2D eigenvalue weighted by atomic mass is 16.5. The molecule has 2 heterocycles. The fourth-order valence-corrected chi connectivity index (χ4v) is 4.57. The van der Waals surface area contributed by atoms with Crippen molar-refractivity contribution in [2.75, 3.05) is 40.0 Å². The first-order valence-corrected chi connectivity index (χ1v) is 12.7. The molecule has 1 aliphatic heterocycles. The second kappa shape index (κ2) is 13.4. The number of aliphatic hydroxyl groups excluding tert-OH is 1. The monoisotopic (exact) mass is 507 g/mol. The van der Waals surface area contributed by atoms with Gasteiger partial charge in [-0.05, 0) is 25.0 Å². The van der Waals surface area contributed by atoms with Crippen LogP contribution in [0.3, 0.4) is 0 Å². The number of nitrogens with zero attached hydrogens (tertiary/aromatic N) is 3. The number of hydrogen-bond donors (Lipinski definition) is 1. The van der Waals surface area contributed by atoms with E-state index in [1.807, 2.05) is 61.6 Å². The Hall–Kier alpha value is -3.17. The molecule has 198 valence electrons. The summed E-state index contributed by atoms with van der Waals surface area (Å²) in [5.41, 5.74) is 2.78. The zero-order valence-corrected chi connectivity index (χ0v) is 21.7. The molecule has 2 aromatic carbocycles. The lowest BCUT2D eigenvalue weighted by molar-refractivity contribution is 0.00844. The van der Waals surface area contributed by atoms with E-state index < -0.39 is 6.10 Å². The summed E-state index contributed by atoms with van der Waals surface area (Å²) in [5.74, 6) is 2.01. The van der Waals surface area contributed by atoms with E-state index in [1.165, 1.54) is 0 Å². The van der Waals surface area contributed by atoms with Gasteiger partial charge in [-0.15, -0.1) is 6.58 Å². The summed E-state index contributed by atoms with van der Waals surface area (Å²) < 4.78 is 25.0. The van der Waals surface area contributed by atoms with E-state index in [4.69, 9.17) is 24.0 Å². The van der Waals surface area contributed by atoms with Gasteiger partial charge >= 0.3 is 0 Å². The molecule has 8 nitrogen and oxygen atoms in total. The zero-order chi connectivity index (χ0) is 26.0. The predicted octanol–water partition coefficient (Wildman–Crippen LogP) is 4.43. The molecule has 37 heavy (non-hydrogen) atoms. The molecular formula is C29H37N3O5. The molecular weight excluding hydrogens is 470 g/mol. The van der Waals surface area contributed by atoms with Crippen molar-refractivity contribution >= 4 is 0 Å². The Kier molecular flexibility index (Phi) is 9.73. The van der Waals surface area contributed by atoms with Crippen LogP contribution in [0.2, 0.25) is 0 Å². The van der Waals surface area contributed by atoms with Crippen LogP contribution in [0.25, 0.3) is 11.3 Å². The maximum Gasteiger partial charge on any atom is 0.222 e. The Balaban J connectivity index is 1.66. The molecule has 3 aromatic rings. The second-order valence-electron chi connectivity index (χ2n) is 9.21. The normalized spacial score (nSPS) is 16.2. The summed E-state index contributed by atoms with van der Waals surface area (Å²) in [6.07, 6.45) is 3.21. The summed E-state index contributed by atoms with van der Waals surface area (Å²) in [6.45, 7) is 6.74. The molecule has 0 spiro atoms. The van der Waals surface area contributed by atoms with Gasteiger partial charge in [-0.2, -0.15) is 5.10 Å². The van der Waals surface area contributed by atoms with Crippen LogP contribution < -0.4 is 9.47 Å². The standard InChI is InChI=1S/C29H37N3O5/c1-4-15-35-21-23(33)18-32(19-26-14-9-16-36-26)20-27-28(22-10-6-5-7-11-22)30-31(2)29(27)37-25-13-8-12-24(17-25)34-3/h4-8,10-13,17,23,26,33H,1,9,14-16,18-21H2,2-3H3/t23-,26+/m0/s1. The third kappa shape index (κ3) is 7.42. The van der Waals surface area contributed by atoms with Gasteiger partial charge in [0.2, 0.25) is 5.88 Å². The molecule has 0 radical (unpaired) electrons. The minimum atomic E-state index is -0.652. The maximum atomic E-state index is 10.7. The van der Waals surface area contributed by atoms with Crippen molar-refractivity contribution in [3.05, 3.63) is 72.8 Å². The average Bonchev–Trinajstić information content (AvgIpc) is 3.53. The van der Waals surface area contributed by atoms with Crippen molar-refractivity contribution in [1.82, 2.24) is 14.7 Å². The number of rotatable bonds is 14. The van der Waals surface area contributed by atoms with E-state index in [-0.39, 0.29) is 12.7 Å². The molecule has 1 aromatic heterocycles. The molecule has 1 N–H and O–H groups in total. The van der Waals surface area contributed by atoms with Crippen molar-refractivity contribution in [2.24, 2.45) is 7.05 Å². The van der Waals surface area contributed by atoms with Crippen LogP contribution in [0.15, 0.2) is 67.3 Å². The Morgan fingerprint density at radius 1 is 1.22 bits per heavy atom. The van der Waals surface area contributed by atoms with E-state index in [1.54, 1.807) is 17.9 Å². The number of hydrogen-bond acceptors (Lipinski definition) is 7. The van der Waals surface area contributed by atoms with Gasteiger partial charge in [0.1, 0.15) is 17.2 Å². The molecule has 0 bridgehead atoms. The maximum absolute atomic E-state index is 10.7. The molecule has 1 aliphatic rings. The summed E-state index contributed by atoms with van der Waals surface area (Å²) in [7, 11) is 3.52. The van der Waals surface area contributed by atoms with Gasteiger partial charge < -0.3 is 24.1 Å². The minimum Gasteiger partial charge on any atom is -0.497 e. The number of benzene rings is 2. The number of aromatic nitrogens is 2. The van der Waals surface area contributed by atoms with Gasteiger partial charge in [0, 0.05) is 44.9 Å². The lowest BCUT2D eigenvalue weighted by Gasteiger charge is -2.27. The highest BCUT2D eigenvalue weighted by Crippen LogP contribution is 2.35. The van der Waals surface area contributed by atoms with Gasteiger partial charge in [0.15, 0.2) is 0 Å². The first-order chi connectivity index (χ1) is 18.1. The SMILES string of the molecule is C=CCOC[C@@H](O)CN(Cc1c(-c2ccccc2)nn(C)c1Oc1cccc(OC)c1)C[C@H]1CCCO1. The molecule has 0 saturated carbocycles. The number of aliphatic hydroxyl groups is 1. The summed E-state index contributed by atoms with van der Waals surface area (Å²) >= 11 is 0. The molecule has 2 atom stereocenters. The highest BCUT2D eigenvalue weighted by Gasteiger charge is 2.26. The summed E-state index contributed by atoms with van der Waals surface area (Å²) in [4.78, 5) is 2.21. The van der Waals surface area contributed by atoms with Crippen molar-refractivity contribution < 1.29 is 24.1 Å². The van der Waals surface area contributed by atoms with E-state index in [0.29, 0.717) is 43.6 Å². The summed E-state index contributed by atoms with van der Waals surface area (Å²) in [5, 5.41) is 15.6. The predicted molar refractivity (Wildman–Crippen MR) is 143 cm³/mol. The van der Waals surface area contributed by atoms with E-state index in [0.717, 1.165) is 36.3 Å². The third-order valence-corrected chi connectivity index (χ3v) is 6.27. The molecule has 0 unspecified atom stereocenters. The molecule has 1 saturated heterocycles. The lowest BCUT2D eigenvalue weighted by atomic mass is 10.1. The van der Waals surface area contributed by atoms with Crippen LogP contribution in [0.1, 0.15) is 18.4 Å². The van der Waals surface area contributed by atoms with Crippen LogP contribution in [0.4, 0.5) is 0 Å². The van der Waals surface area contributed by atoms with E-state index in [2.05, 4.69) is 11.5 Å². The molecule has 0 aliphatic carbocycles. The van der Waals surface area contributed by atoms with E-state index >= 15 is 0 Å². The van der Waals surface area contributed by atoms with Gasteiger partial charge in [0.25, 0.3) is 0 Å². The Bertz CT molecular complexity index is 1130. The minimum absolute atomic E-state index is 0.126. The third-order valence-electron chi connectivity index (χ3n) is 6.27. The number of ether oxygens (including phenoxy) is 4. The van der Waals surface area contributed by atoms with Gasteiger partial charge in [-0.1, -0.05) is 42.5 Å². The van der Waals surface area contributed by atoms with E-state index in [9.17, 15) is 5.11 Å². The van der Waals surface area contributed by atoms with Crippen molar-refractivity contribution in [1.29, 1.82) is 0 Å². The first-order valence-electron chi connectivity index (χ1n) is 12.7. The molecule has 4 rings (SSSR count). The topological polar surface area (TPSA) is 78.2 Å². The van der Waals surface area contributed by atoms with Crippen molar-refractivity contribution in [3.8, 4) is 28.6 Å². The fourth-order valence-electron chi connectivity index (χ4n) is 4.57.